The van der Waals surface area contributed by atoms with Crippen molar-refractivity contribution in [2.75, 3.05) is 31.2 Å². The first kappa shape index (κ1) is 15.9. The highest BCUT2D eigenvalue weighted by atomic mass is 16.2. The molecule has 0 aromatic heterocycles. The first-order valence-corrected chi connectivity index (χ1v) is 8.53. The van der Waals surface area contributed by atoms with Gasteiger partial charge in [-0.25, -0.2) is 0 Å². The number of rotatable bonds is 5. The van der Waals surface area contributed by atoms with Crippen LogP contribution >= 0.6 is 0 Å². The van der Waals surface area contributed by atoms with Crippen molar-refractivity contribution < 1.29 is 4.79 Å². The average Bonchev–Trinajstić information content (AvgIpc) is 2.91. The Morgan fingerprint density at radius 1 is 1.17 bits per heavy atom. The Kier molecular flexibility index (Phi) is 4.88. The molecule has 1 N–H and O–H groups in total. The molecule has 2 aliphatic heterocycles. The van der Waals surface area contributed by atoms with E-state index in [0.717, 1.165) is 57.4 Å². The molecular weight excluding hydrogens is 286 g/mol. The number of unbranched alkanes of at least 4 members (excludes halogenated alkanes) is 2. The number of carbonyl (C=O) groups excluding carboxylic acids is 1. The highest BCUT2D eigenvalue weighted by Crippen LogP contribution is 2.36. The number of hydrogen-bond donors (Lipinski definition) is 1. The molecule has 0 atom stereocenters. The number of nitrogens with one attached hydrogen (secondary N) is 1. The molecule has 0 aliphatic carbocycles. The van der Waals surface area contributed by atoms with E-state index in [4.69, 9.17) is 6.42 Å². The van der Waals surface area contributed by atoms with Gasteiger partial charge in [-0.05, 0) is 44.4 Å². The Balaban J connectivity index is 1.63. The molecule has 2 fully saturated rings. The van der Waals surface area contributed by atoms with E-state index in [2.05, 4.69) is 33.2 Å². The number of terminal acetylenes is 1. The molecule has 3 rings (SSSR count). The lowest BCUT2D eigenvalue weighted by molar-refractivity contribution is -0.125. The number of likely N-dealkylation sites (tertiary alicyclic amines) is 1. The van der Waals surface area contributed by atoms with E-state index in [-0.39, 0.29) is 11.4 Å². The monoisotopic (exact) mass is 311 g/mol. The van der Waals surface area contributed by atoms with Crippen LogP contribution in [0.4, 0.5) is 5.69 Å². The smallest absolute Gasteiger partial charge is 0.247 e. The van der Waals surface area contributed by atoms with Crippen LogP contribution in [-0.4, -0.2) is 42.6 Å². The largest absolute Gasteiger partial charge is 0.339 e. The Hall–Kier alpha value is -1.99. The van der Waals surface area contributed by atoms with Gasteiger partial charge in [0.15, 0.2) is 0 Å². The molecule has 1 aromatic rings. The summed E-state index contributed by atoms with van der Waals surface area (Å²) in [6.07, 6.45) is 10.2. The van der Waals surface area contributed by atoms with Crippen molar-refractivity contribution >= 4 is 11.6 Å². The van der Waals surface area contributed by atoms with E-state index in [9.17, 15) is 4.79 Å². The Morgan fingerprint density at radius 2 is 1.91 bits per heavy atom. The number of benzene rings is 1. The van der Waals surface area contributed by atoms with Crippen LogP contribution in [0, 0.1) is 12.3 Å². The zero-order valence-corrected chi connectivity index (χ0v) is 13.6. The maximum Gasteiger partial charge on any atom is 0.247 e. The third-order valence-electron chi connectivity index (χ3n) is 5.13. The van der Waals surface area contributed by atoms with Crippen LogP contribution in [0.3, 0.4) is 0 Å². The summed E-state index contributed by atoms with van der Waals surface area (Å²) in [6, 6.07) is 10.3. The minimum Gasteiger partial charge on any atom is -0.339 e. The van der Waals surface area contributed by atoms with Crippen LogP contribution in [0.25, 0.3) is 0 Å². The summed E-state index contributed by atoms with van der Waals surface area (Å²) in [7, 11) is 0. The van der Waals surface area contributed by atoms with Crippen molar-refractivity contribution in [3.8, 4) is 12.3 Å². The van der Waals surface area contributed by atoms with Crippen LogP contribution in [0.5, 0.6) is 0 Å². The van der Waals surface area contributed by atoms with E-state index in [0.29, 0.717) is 6.67 Å². The third-order valence-corrected chi connectivity index (χ3v) is 5.13. The maximum atomic E-state index is 12.5. The summed E-state index contributed by atoms with van der Waals surface area (Å²) in [5.41, 5.74) is 0.768. The molecule has 1 spiro atoms. The lowest BCUT2D eigenvalue weighted by Gasteiger charge is -2.43. The van der Waals surface area contributed by atoms with Gasteiger partial charge in [0.1, 0.15) is 5.54 Å². The number of anilines is 1. The first-order valence-electron chi connectivity index (χ1n) is 8.53. The molecule has 2 heterocycles. The highest BCUT2D eigenvalue weighted by Gasteiger charge is 2.50. The van der Waals surface area contributed by atoms with Gasteiger partial charge in [0, 0.05) is 25.2 Å². The number of piperidine rings is 1. The predicted molar refractivity (Wildman–Crippen MR) is 93.0 cm³/mol. The third kappa shape index (κ3) is 3.20. The molecule has 122 valence electrons. The summed E-state index contributed by atoms with van der Waals surface area (Å²) in [5, 5.41) is 3.05. The van der Waals surface area contributed by atoms with Crippen molar-refractivity contribution in [1.82, 2.24) is 10.2 Å². The zero-order chi connectivity index (χ0) is 16.1. The van der Waals surface area contributed by atoms with Crippen LogP contribution in [0.1, 0.15) is 32.1 Å². The van der Waals surface area contributed by atoms with Crippen molar-refractivity contribution in [2.24, 2.45) is 0 Å². The molecule has 1 aromatic carbocycles. The molecule has 4 nitrogen and oxygen atoms in total. The lowest BCUT2D eigenvalue weighted by atomic mass is 9.85. The van der Waals surface area contributed by atoms with Gasteiger partial charge in [0.2, 0.25) is 5.91 Å². The number of hydrogen-bond acceptors (Lipinski definition) is 3. The second-order valence-corrected chi connectivity index (χ2v) is 6.46. The molecule has 2 aliphatic rings. The molecule has 2 saturated heterocycles. The van der Waals surface area contributed by atoms with E-state index in [1.165, 1.54) is 0 Å². The minimum absolute atomic E-state index is 0.188. The fourth-order valence-corrected chi connectivity index (χ4v) is 3.74. The normalized spacial score (nSPS) is 20.5. The van der Waals surface area contributed by atoms with Crippen molar-refractivity contribution in [1.29, 1.82) is 0 Å². The Morgan fingerprint density at radius 3 is 2.61 bits per heavy atom. The summed E-state index contributed by atoms with van der Waals surface area (Å²) < 4.78 is 0. The van der Waals surface area contributed by atoms with Crippen LogP contribution in [-0.2, 0) is 4.79 Å². The van der Waals surface area contributed by atoms with Gasteiger partial charge in [-0.15, -0.1) is 12.3 Å². The molecule has 4 heteroatoms. The molecule has 23 heavy (non-hydrogen) atoms. The second-order valence-electron chi connectivity index (χ2n) is 6.46. The minimum atomic E-state index is -0.364. The lowest BCUT2D eigenvalue weighted by Crippen LogP contribution is -2.56. The second kappa shape index (κ2) is 7.06. The zero-order valence-electron chi connectivity index (χ0n) is 13.6. The quantitative estimate of drug-likeness (QED) is 0.669. The average molecular weight is 311 g/mol. The predicted octanol–water partition coefficient (Wildman–Crippen LogP) is 2.22. The molecule has 0 saturated carbocycles. The van der Waals surface area contributed by atoms with Gasteiger partial charge in [0.05, 0.1) is 6.67 Å². The van der Waals surface area contributed by atoms with Crippen LogP contribution in [0.15, 0.2) is 30.3 Å². The van der Waals surface area contributed by atoms with Gasteiger partial charge >= 0.3 is 0 Å². The van der Waals surface area contributed by atoms with Gasteiger partial charge in [0.25, 0.3) is 0 Å². The summed E-state index contributed by atoms with van der Waals surface area (Å²) in [5.74, 6) is 2.88. The highest BCUT2D eigenvalue weighted by molar-refractivity contribution is 5.93. The molecule has 0 bridgehead atoms. The Labute approximate surface area is 138 Å². The van der Waals surface area contributed by atoms with Crippen LogP contribution < -0.4 is 10.2 Å². The van der Waals surface area contributed by atoms with Gasteiger partial charge in [-0.1, -0.05) is 18.2 Å². The number of amides is 1. The van der Waals surface area contributed by atoms with Gasteiger partial charge in [-0.3, -0.25) is 4.79 Å². The summed E-state index contributed by atoms with van der Waals surface area (Å²) in [6.45, 7) is 3.66. The fourth-order valence-electron chi connectivity index (χ4n) is 3.74. The first-order chi connectivity index (χ1) is 11.3. The van der Waals surface area contributed by atoms with E-state index in [1.807, 2.05) is 18.2 Å². The van der Waals surface area contributed by atoms with Crippen molar-refractivity contribution in [3.05, 3.63) is 30.3 Å². The molecule has 0 radical (unpaired) electrons. The number of nitrogens with zero attached hydrogens (tertiary/aromatic N) is 2. The molecule has 1 amide bonds. The van der Waals surface area contributed by atoms with Crippen molar-refractivity contribution in [3.63, 3.8) is 0 Å². The molecule has 0 unspecified atom stereocenters. The molecular formula is C19H25N3O. The topological polar surface area (TPSA) is 35.6 Å². The standard InChI is InChI=1S/C19H25N3O/c1-2-3-4-8-13-21-14-11-19(12-15-21)18(23)20-16-22(19)17-9-6-5-7-10-17/h1,5-7,9-10H,3-4,8,11-16H2,(H,20,23). The van der Waals surface area contributed by atoms with E-state index in [1.54, 1.807) is 0 Å². The summed E-state index contributed by atoms with van der Waals surface area (Å²) in [4.78, 5) is 17.3. The Bertz CT molecular complexity index is 570. The number of para-hydroxylation sites is 1. The van der Waals surface area contributed by atoms with Gasteiger partial charge < -0.3 is 15.1 Å². The maximum absolute atomic E-state index is 12.5. The van der Waals surface area contributed by atoms with E-state index >= 15 is 0 Å². The fraction of sp³-hybridized carbons (Fsp3) is 0.526. The number of carbonyl (C=O) groups is 1. The van der Waals surface area contributed by atoms with E-state index < -0.39 is 0 Å². The van der Waals surface area contributed by atoms with Crippen molar-refractivity contribution in [2.45, 2.75) is 37.6 Å². The summed E-state index contributed by atoms with van der Waals surface area (Å²) >= 11 is 0. The van der Waals surface area contributed by atoms with Gasteiger partial charge in [-0.2, -0.15) is 0 Å². The van der Waals surface area contributed by atoms with Crippen LogP contribution in [0.2, 0.25) is 0 Å². The SMILES string of the molecule is C#CCCCCN1CCC2(CC1)C(=O)NCN2c1ccccc1.